The molecule has 10 heteroatoms. The molecule has 0 fully saturated rings. The summed E-state index contributed by atoms with van der Waals surface area (Å²) in [5.41, 5.74) is 2.88. The average molecular weight is 625 g/mol. The van der Waals surface area contributed by atoms with E-state index in [0.29, 0.717) is 25.2 Å². The predicted molar refractivity (Wildman–Crippen MR) is 139 cm³/mol. The van der Waals surface area contributed by atoms with Crippen molar-refractivity contribution in [2.45, 2.75) is 18.7 Å². The first-order valence-corrected chi connectivity index (χ1v) is 13.1. The molecule has 0 aliphatic heterocycles. The maximum atomic E-state index is 12.7. The summed E-state index contributed by atoms with van der Waals surface area (Å²) < 4.78 is 31.2. The molecule has 0 bridgehead atoms. The Morgan fingerprint density at radius 2 is 1.71 bits per heavy atom. The van der Waals surface area contributed by atoms with Gasteiger partial charge in [0.25, 0.3) is 5.91 Å². The highest BCUT2D eigenvalue weighted by atomic mass is 79.9. The second-order valence-electron chi connectivity index (χ2n) is 7.18. The maximum Gasteiger partial charge on any atom is 0.339 e. The van der Waals surface area contributed by atoms with Crippen LogP contribution in [0.3, 0.4) is 0 Å². The molecule has 174 valence electrons. The lowest BCUT2D eigenvalue weighted by Gasteiger charge is -2.12. The van der Waals surface area contributed by atoms with Crippen LogP contribution in [0, 0.1) is 25.2 Å². The van der Waals surface area contributed by atoms with Gasteiger partial charge in [0.05, 0.1) is 8.95 Å². The minimum atomic E-state index is -4.12. The Labute approximate surface area is 219 Å². The van der Waals surface area contributed by atoms with E-state index in [1.165, 1.54) is 30.3 Å². The van der Waals surface area contributed by atoms with Gasteiger partial charge in [-0.05, 0) is 111 Å². The topological polar surface area (TPSA) is 96.3 Å². The Kier molecular flexibility index (Phi) is 8.21. The number of nitrogens with zero attached hydrogens (tertiary/aromatic N) is 1. The van der Waals surface area contributed by atoms with E-state index in [-0.39, 0.29) is 16.2 Å². The van der Waals surface area contributed by atoms with E-state index in [1.54, 1.807) is 18.2 Å². The lowest BCUT2D eigenvalue weighted by Crippen LogP contribution is -2.14. The molecule has 0 aromatic heterocycles. The highest BCUT2D eigenvalue weighted by molar-refractivity contribution is 9.11. The number of hydrogen-bond donors (Lipinski definition) is 1. The quantitative estimate of drug-likeness (QED) is 0.185. The Balaban J connectivity index is 1.88. The lowest BCUT2D eigenvalue weighted by molar-refractivity contribution is -0.112. The molecule has 0 saturated carbocycles. The molecule has 3 rings (SSSR count). The number of carbonyl (C=O) groups is 1. The van der Waals surface area contributed by atoms with E-state index in [1.807, 2.05) is 32.0 Å². The SMILES string of the molecule is Cc1cccc(NC(=O)/C(C#N)=C/c2cc(Br)c(OS(=O)(=O)c3ccc(Cl)cc3)c(Br)c2)c1C. The van der Waals surface area contributed by atoms with Crippen molar-refractivity contribution < 1.29 is 17.4 Å². The number of amides is 1. The van der Waals surface area contributed by atoms with Gasteiger partial charge in [-0.25, -0.2) is 0 Å². The molecule has 0 unspecified atom stereocenters. The van der Waals surface area contributed by atoms with Gasteiger partial charge in [0.2, 0.25) is 0 Å². The van der Waals surface area contributed by atoms with E-state index in [0.717, 1.165) is 11.1 Å². The number of aryl methyl sites for hydroxylation is 1. The number of anilines is 1. The van der Waals surface area contributed by atoms with Crippen LogP contribution in [0.25, 0.3) is 6.08 Å². The zero-order chi connectivity index (χ0) is 25.0. The average Bonchev–Trinajstić information content (AvgIpc) is 2.78. The first kappa shape index (κ1) is 26.0. The summed E-state index contributed by atoms with van der Waals surface area (Å²) in [5.74, 6) is -0.542. The zero-order valence-electron chi connectivity index (χ0n) is 17.9. The van der Waals surface area contributed by atoms with Crippen LogP contribution in [-0.4, -0.2) is 14.3 Å². The molecular formula is C24H17Br2ClN2O4S. The predicted octanol–water partition coefficient (Wildman–Crippen LogP) is 6.80. The van der Waals surface area contributed by atoms with Crippen LogP contribution in [-0.2, 0) is 14.9 Å². The number of hydrogen-bond acceptors (Lipinski definition) is 5. The van der Waals surface area contributed by atoms with Crippen molar-refractivity contribution in [2.75, 3.05) is 5.32 Å². The fourth-order valence-corrected chi connectivity index (χ4v) is 5.58. The number of carbonyl (C=O) groups excluding carboxylic acids is 1. The van der Waals surface area contributed by atoms with Crippen molar-refractivity contribution in [3.05, 3.63) is 90.8 Å². The van der Waals surface area contributed by atoms with Crippen molar-refractivity contribution in [2.24, 2.45) is 0 Å². The summed E-state index contributed by atoms with van der Waals surface area (Å²) in [6.45, 7) is 3.81. The molecule has 1 amide bonds. The van der Waals surface area contributed by atoms with Gasteiger partial charge in [-0.15, -0.1) is 0 Å². The molecule has 0 radical (unpaired) electrons. The van der Waals surface area contributed by atoms with E-state index >= 15 is 0 Å². The van der Waals surface area contributed by atoms with Gasteiger partial charge in [0, 0.05) is 10.7 Å². The van der Waals surface area contributed by atoms with Crippen molar-refractivity contribution in [3.8, 4) is 11.8 Å². The first-order valence-electron chi connectivity index (χ1n) is 9.70. The highest BCUT2D eigenvalue weighted by Crippen LogP contribution is 2.37. The van der Waals surface area contributed by atoms with Crippen LogP contribution in [0.4, 0.5) is 5.69 Å². The summed E-state index contributed by atoms with van der Waals surface area (Å²) >= 11 is 12.4. The summed E-state index contributed by atoms with van der Waals surface area (Å²) in [5, 5.41) is 12.7. The van der Waals surface area contributed by atoms with Crippen molar-refractivity contribution in [1.29, 1.82) is 5.26 Å². The maximum absolute atomic E-state index is 12.7. The first-order chi connectivity index (χ1) is 16.0. The third-order valence-corrected chi connectivity index (χ3v) is 7.51. The number of halogens is 3. The van der Waals surface area contributed by atoms with Gasteiger partial charge in [0.1, 0.15) is 16.5 Å². The molecule has 0 aliphatic rings. The molecular weight excluding hydrogens is 608 g/mol. The second kappa shape index (κ2) is 10.7. The molecule has 1 N–H and O–H groups in total. The van der Waals surface area contributed by atoms with Gasteiger partial charge in [-0.3, -0.25) is 4.79 Å². The van der Waals surface area contributed by atoms with Gasteiger partial charge >= 0.3 is 10.1 Å². The summed E-state index contributed by atoms with van der Waals surface area (Å²) in [7, 11) is -4.12. The molecule has 0 spiro atoms. The van der Waals surface area contributed by atoms with Crippen molar-refractivity contribution >= 4 is 71.2 Å². The molecule has 0 atom stereocenters. The molecule has 3 aromatic rings. The third kappa shape index (κ3) is 6.07. The van der Waals surface area contributed by atoms with Crippen LogP contribution in [0.15, 0.2) is 74.0 Å². The van der Waals surface area contributed by atoms with Gasteiger partial charge in [-0.2, -0.15) is 13.7 Å². The van der Waals surface area contributed by atoms with E-state index < -0.39 is 16.0 Å². The summed E-state index contributed by atoms with van der Waals surface area (Å²) in [6.07, 6.45) is 1.40. The van der Waals surface area contributed by atoms with Gasteiger partial charge in [0.15, 0.2) is 5.75 Å². The second-order valence-corrected chi connectivity index (χ2v) is 10.9. The standard InChI is InChI=1S/C24H17Br2ClN2O4S/c1-14-4-3-5-22(15(14)2)29-24(30)17(13-28)10-16-11-20(25)23(21(26)12-16)33-34(31,32)19-8-6-18(27)7-9-19/h3-12H,1-2H3,(H,29,30)/b17-10+. The summed E-state index contributed by atoms with van der Waals surface area (Å²) in [4.78, 5) is 12.6. The van der Waals surface area contributed by atoms with Gasteiger partial charge < -0.3 is 9.50 Å². The van der Waals surface area contributed by atoms with Crippen LogP contribution >= 0.6 is 43.5 Å². The molecule has 0 saturated heterocycles. The Bertz CT molecular complexity index is 1420. The highest BCUT2D eigenvalue weighted by Gasteiger charge is 2.21. The van der Waals surface area contributed by atoms with Crippen LogP contribution < -0.4 is 9.50 Å². The van der Waals surface area contributed by atoms with E-state index in [4.69, 9.17) is 15.8 Å². The Morgan fingerprint density at radius 1 is 1.09 bits per heavy atom. The Hall–Kier alpha value is -2.64. The third-order valence-electron chi connectivity index (χ3n) is 4.84. The fourth-order valence-electron chi connectivity index (χ4n) is 2.89. The molecule has 0 aliphatic carbocycles. The molecule has 6 nitrogen and oxygen atoms in total. The molecule has 34 heavy (non-hydrogen) atoms. The van der Waals surface area contributed by atoms with Crippen LogP contribution in [0.1, 0.15) is 16.7 Å². The van der Waals surface area contributed by atoms with E-state index in [9.17, 15) is 18.5 Å². The van der Waals surface area contributed by atoms with Gasteiger partial charge in [-0.1, -0.05) is 23.7 Å². The normalized spacial score (nSPS) is 11.6. The molecule has 3 aromatic carbocycles. The minimum Gasteiger partial charge on any atom is -0.377 e. The number of nitrogens with one attached hydrogen (secondary N) is 1. The van der Waals surface area contributed by atoms with Crippen LogP contribution in [0.5, 0.6) is 5.75 Å². The Morgan fingerprint density at radius 3 is 2.29 bits per heavy atom. The molecule has 0 heterocycles. The summed E-state index contributed by atoms with van der Waals surface area (Å²) in [6, 6.07) is 16.1. The number of benzene rings is 3. The van der Waals surface area contributed by atoms with Crippen LogP contribution in [0.2, 0.25) is 5.02 Å². The zero-order valence-corrected chi connectivity index (χ0v) is 22.6. The van der Waals surface area contributed by atoms with E-state index in [2.05, 4.69) is 37.2 Å². The lowest BCUT2D eigenvalue weighted by atomic mass is 10.1. The largest absolute Gasteiger partial charge is 0.377 e. The smallest absolute Gasteiger partial charge is 0.339 e. The van der Waals surface area contributed by atoms with Crippen molar-refractivity contribution in [3.63, 3.8) is 0 Å². The van der Waals surface area contributed by atoms with Crippen molar-refractivity contribution in [1.82, 2.24) is 0 Å². The minimum absolute atomic E-state index is 0.0189. The fraction of sp³-hybridized carbons (Fsp3) is 0.0833. The number of nitriles is 1. The monoisotopic (exact) mass is 622 g/mol. The number of rotatable bonds is 6.